The van der Waals surface area contributed by atoms with Crippen molar-refractivity contribution in [3.05, 3.63) is 76.2 Å². The van der Waals surface area contributed by atoms with Crippen molar-refractivity contribution in [2.24, 2.45) is 0 Å². The number of halogens is 2. The highest BCUT2D eigenvalue weighted by Gasteiger charge is 2.21. The Labute approximate surface area is 174 Å². The maximum absolute atomic E-state index is 12.2. The summed E-state index contributed by atoms with van der Waals surface area (Å²) in [4.78, 5) is 16.5. The number of carbonyl (C=O) groups excluding carboxylic acids is 1. The van der Waals surface area contributed by atoms with E-state index in [4.69, 9.17) is 27.6 Å². The SMILES string of the molecule is CC(C)(CNC(=O)CCc1ncc(-c2ccc(Cl)cc2)o1)c1ccc(Cl)cc1. The van der Waals surface area contributed by atoms with Crippen LogP contribution in [0.4, 0.5) is 0 Å². The summed E-state index contributed by atoms with van der Waals surface area (Å²) in [5, 5.41) is 4.36. The molecule has 0 fully saturated rings. The van der Waals surface area contributed by atoms with Gasteiger partial charge in [0.05, 0.1) is 6.20 Å². The molecule has 0 saturated carbocycles. The van der Waals surface area contributed by atoms with E-state index >= 15 is 0 Å². The van der Waals surface area contributed by atoms with Gasteiger partial charge in [-0.25, -0.2) is 4.98 Å². The Morgan fingerprint density at radius 1 is 1.04 bits per heavy atom. The Morgan fingerprint density at radius 2 is 1.64 bits per heavy atom. The summed E-state index contributed by atoms with van der Waals surface area (Å²) in [5.41, 5.74) is 1.83. The van der Waals surface area contributed by atoms with Gasteiger partial charge in [-0.15, -0.1) is 0 Å². The average Bonchev–Trinajstić information content (AvgIpc) is 3.15. The van der Waals surface area contributed by atoms with Crippen molar-refractivity contribution in [1.29, 1.82) is 0 Å². The zero-order valence-electron chi connectivity index (χ0n) is 15.8. The van der Waals surface area contributed by atoms with Crippen molar-refractivity contribution in [3.8, 4) is 11.3 Å². The molecule has 146 valence electrons. The van der Waals surface area contributed by atoms with Gasteiger partial charge in [0.1, 0.15) is 0 Å². The highest BCUT2D eigenvalue weighted by atomic mass is 35.5. The lowest BCUT2D eigenvalue weighted by atomic mass is 9.84. The fourth-order valence-corrected chi connectivity index (χ4v) is 3.06. The summed E-state index contributed by atoms with van der Waals surface area (Å²) >= 11 is 11.8. The maximum atomic E-state index is 12.2. The summed E-state index contributed by atoms with van der Waals surface area (Å²) in [5.74, 6) is 1.17. The lowest BCUT2D eigenvalue weighted by Crippen LogP contribution is -2.36. The van der Waals surface area contributed by atoms with Gasteiger partial charge in [0.25, 0.3) is 0 Å². The number of nitrogens with zero attached hydrogens (tertiary/aromatic N) is 1. The largest absolute Gasteiger partial charge is 0.441 e. The number of rotatable bonds is 7. The number of hydrogen-bond donors (Lipinski definition) is 1. The van der Waals surface area contributed by atoms with Crippen molar-refractivity contribution >= 4 is 29.1 Å². The van der Waals surface area contributed by atoms with Crippen LogP contribution in [0.3, 0.4) is 0 Å². The second kappa shape index (κ2) is 8.80. The van der Waals surface area contributed by atoms with Gasteiger partial charge >= 0.3 is 0 Å². The summed E-state index contributed by atoms with van der Waals surface area (Å²) < 4.78 is 5.74. The maximum Gasteiger partial charge on any atom is 0.220 e. The summed E-state index contributed by atoms with van der Waals surface area (Å²) in [6, 6.07) is 15.0. The molecule has 3 rings (SSSR count). The smallest absolute Gasteiger partial charge is 0.220 e. The Bertz CT molecular complexity index is 932. The molecule has 0 saturated heterocycles. The second-order valence-corrected chi connectivity index (χ2v) is 8.17. The zero-order valence-corrected chi connectivity index (χ0v) is 17.3. The molecule has 1 heterocycles. The number of carbonyl (C=O) groups is 1. The van der Waals surface area contributed by atoms with E-state index in [0.717, 1.165) is 11.1 Å². The van der Waals surface area contributed by atoms with E-state index in [0.29, 0.717) is 41.1 Å². The van der Waals surface area contributed by atoms with Crippen molar-refractivity contribution in [2.75, 3.05) is 6.54 Å². The lowest BCUT2D eigenvalue weighted by molar-refractivity contribution is -0.121. The predicted octanol–water partition coefficient (Wildman–Crippen LogP) is 5.68. The van der Waals surface area contributed by atoms with Crippen LogP contribution < -0.4 is 5.32 Å². The van der Waals surface area contributed by atoms with Crippen LogP contribution in [0.5, 0.6) is 0 Å². The van der Waals surface area contributed by atoms with E-state index in [1.165, 1.54) is 0 Å². The molecular formula is C22H22Cl2N2O2. The first-order valence-corrected chi connectivity index (χ1v) is 9.82. The molecule has 0 atom stereocenters. The summed E-state index contributed by atoms with van der Waals surface area (Å²) in [6.45, 7) is 4.71. The summed E-state index contributed by atoms with van der Waals surface area (Å²) in [7, 11) is 0. The van der Waals surface area contributed by atoms with Crippen LogP contribution in [0.15, 0.2) is 59.1 Å². The Hall–Kier alpha value is -2.30. The first kappa shape index (κ1) is 20.4. The highest BCUT2D eigenvalue weighted by molar-refractivity contribution is 6.30. The van der Waals surface area contributed by atoms with Crippen LogP contribution in [0.2, 0.25) is 10.0 Å². The van der Waals surface area contributed by atoms with Gasteiger partial charge in [-0.2, -0.15) is 0 Å². The molecule has 3 aromatic rings. The van der Waals surface area contributed by atoms with Gasteiger partial charge in [-0.05, 0) is 42.0 Å². The Kier molecular flexibility index (Phi) is 6.42. The Morgan fingerprint density at radius 3 is 2.29 bits per heavy atom. The Balaban J connectivity index is 1.50. The van der Waals surface area contributed by atoms with Crippen LogP contribution in [0.25, 0.3) is 11.3 Å². The molecule has 1 N–H and O–H groups in total. The molecule has 0 aliphatic rings. The van der Waals surface area contributed by atoms with E-state index in [-0.39, 0.29) is 11.3 Å². The standard InChI is InChI=1S/C22H22Cl2N2O2/c1-22(2,16-5-9-18(24)10-6-16)14-26-20(27)11-12-21-25-13-19(28-21)15-3-7-17(23)8-4-15/h3-10,13H,11-12,14H2,1-2H3,(H,26,27). The molecule has 1 aromatic heterocycles. The summed E-state index contributed by atoms with van der Waals surface area (Å²) in [6.07, 6.45) is 2.43. The van der Waals surface area contributed by atoms with Crippen LogP contribution >= 0.6 is 23.2 Å². The van der Waals surface area contributed by atoms with Gasteiger partial charge in [-0.3, -0.25) is 4.79 Å². The fourth-order valence-electron chi connectivity index (χ4n) is 2.80. The number of aryl methyl sites for hydroxylation is 1. The molecule has 1 amide bonds. The number of oxazole rings is 1. The molecule has 0 bridgehead atoms. The van der Waals surface area contributed by atoms with Crippen LogP contribution in [0.1, 0.15) is 31.7 Å². The molecule has 0 aliphatic carbocycles. The van der Waals surface area contributed by atoms with Crippen LogP contribution in [-0.2, 0) is 16.6 Å². The van der Waals surface area contributed by atoms with Gasteiger partial charge in [0.15, 0.2) is 11.7 Å². The van der Waals surface area contributed by atoms with Crippen molar-refractivity contribution in [3.63, 3.8) is 0 Å². The van der Waals surface area contributed by atoms with Crippen molar-refractivity contribution in [2.45, 2.75) is 32.1 Å². The number of hydrogen-bond acceptors (Lipinski definition) is 3. The number of aromatic nitrogens is 1. The monoisotopic (exact) mass is 416 g/mol. The topological polar surface area (TPSA) is 55.1 Å². The normalized spacial score (nSPS) is 11.4. The van der Waals surface area contributed by atoms with Crippen LogP contribution in [0, 0.1) is 0 Å². The average molecular weight is 417 g/mol. The van der Waals surface area contributed by atoms with E-state index in [1.54, 1.807) is 18.3 Å². The minimum absolute atomic E-state index is 0.0340. The molecule has 0 radical (unpaired) electrons. The van der Waals surface area contributed by atoms with E-state index in [2.05, 4.69) is 24.1 Å². The molecule has 0 spiro atoms. The quantitative estimate of drug-likeness (QED) is 0.539. The second-order valence-electron chi connectivity index (χ2n) is 7.29. The van der Waals surface area contributed by atoms with E-state index in [1.807, 2.05) is 36.4 Å². The molecule has 28 heavy (non-hydrogen) atoms. The van der Waals surface area contributed by atoms with Gasteiger partial charge in [-0.1, -0.05) is 49.2 Å². The molecule has 6 heteroatoms. The number of nitrogens with one attached hydrogen (secondary N) is 1. The van der Waals surface area contributed by atoms with Crippen LogP contribution in [-0.4, -0.2) is 17.4 Å². The molecular weight excluding hydrogens is 395 g/mol. The van der Waals surface area contributed by atoms with Gasteiger partial charge in [0.2, 0.25) is 5.91 Å². The highest BCUT2D eigenvalue weighted by Crippen LogP contribution is 2.24. The zero-order chi connectivity index (χ0) is 20.1. The van der Waals surface area contributed by atoms with E-state index in [9.17, 15) is 4.79 Å². The lowest BCUT2D eigenvalue weighted by Gasteiger charge is -2.25. The minimum Gasteiger partial charge on any atom is -0.441 e. The van der Waals surface area contributed by atoms with Crippen molar-refractivity contribution < 1.29 is 9.21 Å². The molecule has 0 aliphatic heterocycles. The minimum atomic E-state index is -0.190. The van der Waals surface area contributed by atoms with Gasteiger partial charge in [0, 0.05) is 40.4 Å². The first-order chi connectivity index (χ1) is 13.3. The third-order valence-corrected chi connectivity index (χ3v) is 5.11. The van der Waals surface area contributed by atoms with E-state index < -0.39 is 0 Å². The number of benzene rings is 2. The first-order valence-electron chi connectivity index (χ1n) is 9.07. The molecule has 0 unspecified atom stereocenters. The third kappa shape index (κ3) is 5.37. The number of amides is 1. The third-order valence-electron chi connectivity index (χ3n) is 4.60. The van der Waals surface area contributed by atoms with Crippen molar-refractivity contribution in [1.82, 2.24) is 10.3 Å². The van der Waals surface area contributed by atoms with Gasteiger partial charge < -0.3 is 9.73 Å². The molecule has 2 aromatic carbocycles. The predicted molar refractivity (Wildman–Crippen MR) is 113 cm³/mol. The fraction of sp³-hybridized carbons (Fsp3) is 0.273. The molecule has 4 nitrogen and oxygen atoms in total.